The number of esters is 1. The predicted molar refractivity (Wildman–Crippen MR) is 81.9 cm³/mol. The molecule has 3 saturated heterocycles. The number of rotatable bonds is 4. The zero-order chi connectivity index (χ0) is 16.2. The standard InChI is InChI=1S/C16H26N2O5/c1-21-16(20)14-3-2-13(23-14)15(19)18-5-4-12(11-18)10-17-6-8-22-9-7-17/h12-14H,2-11H2,1H3/t12-,13-,14+/m0/s1. The van der Waals surface area contributed by atoms with Crippen LogP contribution < -0.4 is 0 Å². The third kappa shape index (κ3) is 4.02. The minimum Gasteiger partial charge on any atom is -0.467 e. The van der Waals surface area contributed by atoms with Gasteiger partial charge in [-0.05, 0) is 25.2 Å². The summed E-state index contributed by atoms with van der Waals surface area (Å²) < 4.78 is 15.6. The maximum atomic E-state index is 12.6. The molecule has 3 atom stereocenters. The van der Waals surface area contributed by atoms with Crippen LogP contribution in [0.5, 0.6) is 0 Å². The number of likely N-dealkylation sites (tertiary alicyclic amines) is 1. The van der Waals surface area contributed by atoms with Gasteiger partial charge in [-0.15, -0.1) is 0 Å². The number of carbonyl (C=O) groups is 2. The fourth-order valence-electron chi connectivity index (χ4n) is 3.66. The quantitative estimate of drug-likeness (QED) is 0.672. The van der Waals surface area contributed by atoms with E-state index in [0.717, 1.165) is 52.4 Å². The number of hydrogen-bond acceptors (Lipinski definition) is 6. The number of carbonyl (C=O) groups excluding carboxylic acids is 2. The van der Waals surface area contributed by atoms with E-state index >= 15 is 0 Å². The van der Waals surface area contributed by atoms with E-state index in [1.807, 2.05) is 4.90 Å². The summed E-state index contributed by atoms with van der Waals surface area (Å²) in [6.45, 7) is 6.19. The van der Waals surface area contributed by atoms with Gasteiger partial charge < -0.3 is 19.1 Å². The smallest absolute Gasteiger partial charge is 0.335 e. The summed E-state index contributed by atoms with van der Waals surface area (Å²) in [6, 6.07) is 0. The highest BCUT2D eigenvalue weighted by Crippen LogP contribution is 2.25. The van der Waals surface area contributed by atoms with Gasteiger partial charge in [0.2, 0.25) is 0 Å². The average Bonchev–Trinajstić information content (AvgIpc) is 3.24. The van der Waals surface area contributed by atoms with Crippen molar-refractivity contribution in [1.82, 2.24) is 9.80 Å². The lowest BCUT2D eigenvalue weighted by Gasteiger charge is -2.29. The molecule has 7 heteroatoms. The van der Waals surface area contributed by atoms with Crippen molar-refractivity contribution in [1.29, 1.82) is 0 Å². The largest absolute Gasteiger partial charge is 0.467 e. The van der Waals surface area contributed by atoms with Gasteiger partial charge in [0.15, 0.2) is 6.10 Å². The molecule has 0 spiro atoms. The molecule has 0 aromatic rings. The van der Waals surface area contributed by atoms with Crippen molar-refractivity contribution >= 4 is 11.9 Å². The molecule has 7 nitrogen and oxygen atoms in total. The lowest BCUT2D eigenvalue weighted by molar-refractivity contribution is -0.157. The predicted octanol–water partition coefficient (Wildman–Crippen LogP) is -0.112. The molecule has 3 fully saturated rings. The second kappa shape index (κ2) is 7.59. The Morgan fingerprint density at radius 3 is 2.57 bits per heavy atom. The minimum atomic E-state index is -0.583. The summed E-state index contributed by atoms with van der Waals surface area (Å²) >= 11 is 0. The average molecular weight is 326 g/mol. The first kappa shape index (κ1) is 16.7. The van der Waals surface area contributed by atoms with Gasteiger partial charge in [0, 0.05) is 32.7 Å². The van der Waals surface area contributed by atoms with Crippen LogP contribution in [0.25, 0.3) is 0 Å². The van der Waals surface area contributed by atoms with Gasteiger partial charge in [-0.25, -0.2) is 4.79 Å². The summed E-state index contributed by atoms with van der Waals surface area (Å²) in [4.78, 5) is 28.4. The minimum absolute atomic E-state index is 0.0286. The molecule has 0 aliphatic carbocycles. The number of methoxy groups -OCH3 is 1. The highest BCUT2D eigenvalue weighted by Gasteiger charge is 2.39. The molecular weight excluding hydrogens is 300 g/mol. The van der Waals surface area contributed by atoms with Gasteiger partial charge in [-0.3, -0.25) is 9.69 Å². The zero-order valence-corrected chi connectivity index (χ0v) is 13.7. The van der Waals surface area contributed by atoms with E-state index in [0.29, 0.717) is 18.8 Å². The Labute approximate surface area is 136 Å². The molecule has 130 valence electrons. The Kier molecular flexibility index (Phi) is 5.50. The van der Waals surface area contributed by atoms with Gasteiger partial charge in [-0.2, -0.15) is 0 Å². The van der Waals surface area contributed by atoms with E-state index in [4.69, 9.17) is 9.47 Å². The van der Waals surface area contributed by atoms with Gasteiger partial charge in [-0.1, -0.05) is 0 Å². The molecule has 0 unspecified atom stereocenters. The second-order valence-electron chi connectivity index (χ2n) is 6.57. The number of amides is 1. The number of nitrogens with zero attached hydrogens (tertiary/aromatic N) is 2. The van der Waals surface area contributed by atoms with Crippen LogP contribution in [0.15, 0.2) is 0 Å². The second-order valence-corrected chi connectivity index (χ2v) is 6.57. The van der Waals surface area contributed by atoms with Crippen LogP contribution in [0.1, 0.15) is 19.3 Å². The van der Waals surface area contributed by atoms with Crippen LogP contribution in [-0.4, -0.2) is 86.9 Å². The first-order chi connectivity index (χ1) is 11.2. The Hall–Kier alpha value is -1.18. The highest BCUT2D eigenvalue weighted by molar-refractivity contribution is 5.83. The molecule has 3 aliphatic heterocycles. The molecule has 3 aliphatic rings. The van der Waals surface area contributed by atoms with Crippen molar-refractivity contribution in [3.63, 3.8) is 0 Å². The van der Waals surface area contributed by atoms with Crippen LogP contribution in [0.2, 0.25) is 0 Å². The van der Waals surface area contributed by atoms with Crippen LogP contribution in [0.3, 0.4) is 0 Å². The maximum Gasteiger partial charge on any atom is 0.335 e. The first-order valence-electron chi connectivity index (χ1n) is 8.49. The van der Waals surface area contributed by atoms with Crippen molar-refractivity contribution in [2.24, 2.45) is 5.92 Å². The SMILES string of the molecule is COC(=O)[C@H]1CC[C@@H](C(=O)N2CC[C@@H](CN3CCOCC3)C2)O1. The Morgan fingerprint density at radius 2 is 1.83 bits per heavy atom. The molecule has 0 radical (unpaired) electrons. The van der Waals surface area contributed by atoms with E-state index < -0.39 is 12.2 Å². The normalized spacial score (nSPS) is 32.2. The Balaban J connectivity index is 1.45. The van der Waals surface area contributed by atoms with Crippen LogP contribution in [-0.2, 0) is 23.8 Å². The number of morpholine rings is 1. The topological polar surface area (TPSA) is 68.3 Å². The van der Waals surface area contributed by atoms with E-state index in [9.17, 15) is 9.59 Å². The summed E-state index contributed by atoms with van der Waals surface area (Å²) in [5, 5.41) is 0. The zero-order valence-electron chi connectivity index (χ0n) is 13.7. The molecular formula is C16H26N2O5. The van der Waals surface area contributed by atoms with Crippen molar-refractivity contribution < 1.29 is 23.8 Å². The van der Waals surface area contributed by atoms with Crippen molar-refractivity contribution in [2.75, 3.05) is 53.0 Å². The van der Waals surface area contributed by atoms with E-state index in [2.05, 4.69) is 9.64 Å². The number of ether oxygens (including phenoxy) is 3. The summed E-state index contributed by atoms with van der Waals surface area (Å²) in [5.41, 5.74) is 0. The van der Waals surface area contributed by atoms with Crippen molar-refractivity contribution in [3.8, 4) is 0 Å². The van der Waals surface area contributed by atoms with Crippen LogP contribution in [0, 0.1) is 5.92 Å². The summed E-state index contributed by atoms with van der Waals surface area (Å²) in [7, 11) is 1.34. The lowest BCUT2D eigenvalue weighted by atomic mass is 10.1. The maximum absolute atomic E-state index is 12.6. The van der Waals surface area contributed by atoms with Crippen molar-refractivity contribution in [3.05, 3.63) is 0 Å². The summed E-state index contributed by atoms with van der Waals surface area (Å²) in [6.07, 6.45) is 1.13. The molecule has 0 aromatic heterocycles. The number of hydrogen-bond donors (Lipinski definition) is 0. The third-order valence-electron chi connectivity index (χ3n) is 4.98. The van der Waals surface area contributed by atoms with E-state index in [-0.39, 0.29) is 11.9 Å². The third-order valence-corrected chi connectivity index (χ3v) is 4.98. The fourth-order valence-corrected chi connectivity index (χ4v) is 3.66. The molecule has 23 heavy (non-hydrogen) atoms. The molecule has 0 N–H and O–H groups in total. The highest BCUT2D eigenvalue weighted by atomic mass is 16.6. The molecule has 1 amide bonds. The van der Waals surface area contributed by atoms with Gasteiger partial charge in [0.1, 0.15) is 6.10 Å². The monoisotopic (exact) mass is 326 g/mol. The first-order valence-corrected chi connectivity index (χ1v) is 8.49. The fraction of sp³-hybridized carbons (Fsp3) is 0.875. The molecule has 0 aromatic carbocycles. The van der Waals surface area contributed by atoms with Crippen LogP contribution >= 0.6 is 0 Å². The molecule has 0 bridgehead atoms. The van der Waals surface area contributed by atoms with E-state index in [1.54, 1.807) is 0 Å². The van der Waals surface area contributed by atoms with Crippen molar-refractivity contribution in [2.45, 2.75) is 31.5 Å². The van der Waals surface area contributed by atoms with Gasteiger partial charge >= 0.3 is 5.97 Å². The molecule has 3 heterocycles. The molecule has 0 saturated carbocycles. The van der Waals surface area contributed by atoms with Crippen LogP contribution in [0.4, 0.5) is 0 Å². The summed E-state index contributed by atoms with van der Waals surface area (Å²) in [5.74, 6) is 0.169. The lowest BCUT2D eigenvalue weighted by Crippen LogP contribution is -2.41. The van der Waals surface area contributed by atoms with Gasteiger partial charge in [0.05, 0.1) is 20.3 Å². The Bertz CT molecular complexity index is 438. The van der Waals surface area contributed by atoms with E-state index in [1.165, 1.54) is 7.11 Å². The van der Waals surface area contributed by atoms with Gasteiger partial charge in [0.25, 0.3) is 5.91 Å². The Morgan fingerprint density at radius 1 is 1.09 bits per heavy atom. The molecule has 3 rings (SSSR count).